The highest BCUT2D eigenvalue weighted by Crippen LogP contribution is 2.35. The van der Waals surface area contributed by atoms with Crippen LogP contribution in [0.15, 0.2) is 42.5 Å². The van der Waals surface area contributed by atoms with Crippen molar-refractivity contribution >= 4 is 11.7 Å². The number of carboxylic acids is 1. The molecule has 0 saturated carbocycles. The van der Waals surface area contributed by atoms with E-state index in [0.29, 0.717) is 17.2 Å². The van der Waals surface area contributed by atoms with Gasteiger partial charge in [-0.05, 0) is 29.2 Å². The van der Waals surface area contributed by atoms with Crippen LogP contribution in [0.1, 0.15) is 35.7 Å². The largest absolute Gasteiger partial charge is 0.478 e. The second-order valence-electron chi connectivity index (χ2n) is 4.82. The van der Waals surface area contributed by atoms with Crippen molar-refractivity contribution in [3.8, 4) is 11.1 Å². The molecule has 3 heteroatoms. The summed E-state index contributed by atoms with van der Waals surface area (Å²) in [4.78, 5) is 11.4. The fourth-order valence-electron chi connectivity index (χ4n) is 2.28. The number of anilines is 1. The molecule has 3 N–H and O–H groups in total. The number of carbonyl (C=O) groups is 1. The molecule has 0 aromatic heterocycles. The molecule has 0 atom stereocenters. The predicted molar refractivity (Wildman–Crippen MR) is 77.3 cm³/mol. The third-order valence-electron chi connectivity index (χ3n) is 3.18. The van der Waals surface area contributed by atoms with E-state index in [9.17, 15) is 9.90 Å². The highest BCUT2D eigenvalue weighted by Gasteiger charge is 2.17. The van der Waals surface area contributed by atoms with E-state index in [4.69, 9.17) is 5.73 Å². The minimum atomic E-state index is -0.958. The Morgan fingerprint density at radius 2 is 1.79 bits per heavy atom. The molecule has 0 amide bonds. The summed E-state index contributed by atoms with van der Waals surface area (Å²) in [7, 11) is 0. The first-order valence-corrected chi connectivity index (χ1v) is 6.23. The quantitative estimate of drug-likeness (QED) is 0.821. The highest BCUT2D eigenvalue weighted by atomic mass is 16.4. The molecule has 0 bridgehead atoms. The van der Waals surface area contributed by atoms with Gasteiger partial charge in [-0.15, -0.1) is 0 Å². The Morgan fingerprint density at radius 1 is 1.11 bits per heavy atom. The summed E-state index contributed by atoms with van der Waals surface area (Å²) in [5.74, 6) is -0.654. The Morgan fingerprint density at radius 3 is 2.42 bits per heavy atom. The molecular weight excluding hydrogens is 238 g/mol. The zero-order chi connectivity index (χ0) is 14.0. The van der Waals surface area contributed by atoms with Crippen LogP contribution >= 0.6 is 0 Å². The molecule has 0 unspecified atom stereocenters. The Labute approximate surface area is 112 Å². The van der Waals surface area contributed by atoms with Crippen LogP contribution < -0.4 is 5.73 Å². The van der Waals surface area contributed by atoms with Crippen molar-refractivity contribution in [3.63, 3.8) is 0 Å². The van der Waals surface area contributed by atoms with Gasteiger partial charge in [-0.1, -0.05) is 44.2 Å². The van der Waals surface area contributed by atoms with Crippen LogP contribution in [0.25, 0.3) is 11.1 Å². The van der Waals surface area contributed by atoms with Crippen molar-refractivity contribution in [2.45, 2.75) is 19.8 Å². The number of nitrogen functional groups attached to an aromatic ring is 1. The van der Waals surface area contributed by atoms with E-state index in [2.05, 4.69) is 13.8 Å². The first kappa shape index (κ1) is 13.1. The maximum Gasteiger partial charge on any atom is 0.336 e. The zero-order valence-corrected chi connectivity index (χ0v) is 11.1. The number of nitrogens with two attached hydrogens (primary N) is 1. The van der Waals surface area contributed by atoms with Gasteiger partial charge in [-0.2, -0.15) is 0 Å². The number of carboxylic acid groups (broad SMARTS) is 1. The predicted octanol–water partition coefficient (Wildman–Crippen LogP) is 3.76. The summed E-state index contributed by atoms with van der Waals surface area (Å²) >= 11 is 0. The fraction of sp³-hybridized carbons (Fsp3) is 0.188. The summed E-state index contributed by atoms with van der Waals surface area (Å²) in [5, 5.41) is 9.33. The van der Waals surface area contributed by atoms with Gasteiger partial charge in [-0.3, -0.25) is 0 Å². The maximum atomic E-state index is 11.4. The van der Waals surface area contributed by atoms with Crippen LogP contribution in [0.5, 0.6) is 0 Å². The van der Waals surface area contributed by atoms with E-state index in [1.165, 1.54) is 0 Å². The Bertz CT molecular complexity index is 618. The first-order valence-electron chi connectivity index (χ1n) is 6.23. The van der Waals surface area contributed by atoms with Gasteiger partial charge in [-0.25, -0.2) is 4.79 Å². The van der Waals surface area contributed by atoms with Crippen molar-refractivity contribution in [2.75, 3.05) is 5.73 Å². The standard InChI is InChI=1S/C16H17NO2/c1-10(2)11-6-3-4-7-12(11)15-13(16(18)19)8-5-9-14(15)17/h3-10H,17H2,1-2H3,(H,18,19). The van der Waals surface area contributed by atoms with E-state index in [1.54, 1.807) is 18.2 Å². The number of rotatable bonds is 3. The third-order valence-corrected chi connectivity index (χ3v) is 3.18. The van der Waals surface area contributed by atoms with Gasteiger partial charge in [0, 0.05) is 11.3 Å². The van der Waals surface area contributed by atoms with E-state index in [0.717, 1.165) is 11.1 Å². The normalized spacial score (nSPS) is 10.7. The van der Waals surface area contributed by atoms with Crippen LogP contribution in [0.2, 0.25) is 0 Å². The number of hydrogen-bond donors (Lipinski definition) is 2. The Kier molecular flexibility index (Phi) is 3.56. The van der Waals surface area contributed by atoms with Crippen molar-refractivity contribution in [1.82, 2.24) is 0 Å². The van der Waals surface area contributed by atoms with Crippen molar-refractivity contribution in [1.29, 1.82) is 0 Å². The molecule has 2 rings (SSSR count). The number of aromatic carboxylic acids is 1. The molecule has 0 saturated heterocycles. The SMILES string of the molecule is CC(C)c1ccccc1-c1c(N)cccc1C(=O)O. The Hall–Kier alpha value is -2.29. The first-order chi connectivity index (χ1) is 9.02. The van der Waals surface area contributed by atoms with Crippen LogP contribution in [-0.2, 0) is 0 Å². The lowest BCUT2D eigenvalue weighted by molar-refractivity contribution is 0.0698. The molecule has 19 heavy (non-hydrogen) atoms. The molecule has 0 radical (unpaired) electrons. The number of benzene rings is 2. The molecule has 3 nitrogen and oxygen atoms in total. The van der Waals surface area contributed by atoms with E-state index in [-0.39, 0.29) is 5.56 Å². The van der Waals surface area contributed by atoms with Gasteiger partial charge in [0.05, 0.1) is 5.56 Å². The van der Waals surface area contributed by atoms with E-state index < -0.39 is 5.97 Å². The maximum absolute atomic E-state index is 11.4. The molecule has 0 fully saturated rings. The summed E-state index contributed by atoms with van der Waals surface area (Å²) in [6.07, 6.45) is 0. The van der Waals surface area contributed by atoms with E-state index >= 15 is 0 Å². The summed E-state index contributed by atoms with van der Waals surface area (Å²) in [6, 6.07) is 12.8. The van der Waals surface area contributed by atoms with Gasteiger partial charge in [0.2, 0.25) is 0 Å². The summed E-state index contributed by atoms with van der Waals surface area (Å²) < 4.78 is 0. The topological polar surface area (TPSA) is 63.3 Å². The zero-order valence-electron chi connectivity index (χ0n) is 11.1. The molecule has 2 aromatic carbocycles. The summed E-state index contributed by atoms with van der Waals surface area (Å²) in [5.41, 5.74) is 9.34. The van der Waals surface area contributed by atoms with Gasteiger partial charge >= 0.3 is 5.97 Å². The van der Waals surface area contributed by atoms with Crippen LogP contribution in [-0.4, -0.2) is 11.1 Å². The molecule has 0 spiro atoms. The Balaban J connectivity index is 2.75. The second-order valence-corrected chi connectivity index (χ2v) is 4.82. The third kappa shape index (κ3) is 2.45. The molecule has 0 heterocycles. The lowest BCUT2D eigenvalue weighted by atomic mass is 9.89. The molecule has 98 valence electrons. The van der Waals surface area contributed by atoms with Gasteiger partial charge < -0.3 is 10.8 Å². The average molecular weight is 255 g/mol. The summed E-state index contributed by atoms with van der Waals surface area (Å²) in [6.45, 7) is 4.16. The van der Waals surface area contributed by atoms with Gasteiger partial charge in [0.1, 0.15) is 0 Å². The molecule has 0 aliphatic carbocycles. The monoisotopic (exact) mass is 255 g/mol. The fourth-order valence-corrected chi connectivity index (χ4v) is 2.28. The molecular formula is C16H17NO2. The molecule has 0 aliphatic rings. The van der Waals surface area contributed by atoms with Crippen molar-refractivity contribution in [2.24, 2.45) is 0 Å². The smallest absolute Gasteiger partial charge is 0.336 e. The second kappa shape index (κ2) is 5.14. The van der Waals surface area contributed by atoms with Gasteiger partial charge in [0.25, 0.3) is 0 Å². The minimum absolute atomic E-state index is 0.244. The lowest BCUT2D eigenvalue weighted by Crippen LogP contribution is -2.04. The van der Waals surface area contributed by atoms with Crippen LogP contribution in [0, 0.1) is 0 Å². The van der Waals surface area contributed by atoms with Crippen LogP contribution in [0.4, 0.5) is 5.69 Å². The van der Waals surface area contributed by atoms with Gasteiger partial charge in [0.15, 0.2) is 0 Å². The van der Waals surface area contributed by atoms with Crippen molar-refractivity contribution < 1.29 is 9.90 Å². The minimum Gasteiger partial charge on any atom is -0.478 e. The molecule has 0 aliphatic heterocycles. The van der Waals surface area contributed by atoms with E-state index in [1.807, 2.05) is 24.3 Å². The number of hydrogen-bond acceptors (Lipinski definition) is 2. The highest BCUT2D eigenvalue weighted by molar-refractivity contribution is 6.00. The molecule has 2 aromatic rings. The van der Waals surface area contributed by atoms with Crippen molar-refractivity contribution in [3.05, 3.63) is 53.6 Å². The average Bonchev–Trinajstić information content (AvgIpc) is 2.38. The lowest BCUT2D eigenvalue weighted by Gasteiger charge is -2.16. The van der Waals surface area contributed by atoms with Crippen LogP contribution in [0.3, 0.4) is 0 Å².